The molecule has 1 aromatic carbocycles. The number of hydrogen-bond acceptors (Lipinski definition) is 5. The van der Waals surface area contributed by atoms with Crippen molar-refractivity contribution in [1.29, 1.82) is 0 Å². The van der Waals surface area contributed by atoms with E-state index in [-0.39, 0.29) is 25.0 Å². The fourth-order valence-electron chi connectivity index (χ4n) is 3.15. The lowest BCUT2D eigenvalue weighted by Gasteiger charge is -2.31. The Labute approximate surface area is 150 Å². The van der Waals surface area contributed by atoms with E-state index in [0.29, 0.717) is 25.1 Å². The maximum Gasteiger partial charge on any atom is 0.255 e. The SMILES string of the molecule is CCC(C(=O)N(CCO)Cc1nccs1)N1Cc2ccccc2C1=O. The molecule has 2 aromatic rings. The van der Waals surface area contributed by atoms with Crippen molar-refractivity contribution in [2.24, 2.45) is 0 Å². The Morgan fingerprint density at radius 3 is 2.88 bits per heavy atom. The molecule has 1 N–H and O–H groups in total. The molecule has 1 aliphatic rings. The number of carbonyl (C=O) groups is 2. The molecule has 0 saturated heterocycles. The topological polar surface area (TPSA) is 73.7 Å². The van der Waals surface area contributed by atoms with Gasteiger partial charge >= 0.3 is 0 Å². The highest BCUT2D eigenvalue weighted by Gasteiger charge is 2.37. The van der Waals surface area contributed by atoms with E-state index in [4.69, 9.17) is 0 Å². The second-order valence-corrected chi connectivity index (χ2v) is 6.90. The molecule has 0 radical (unpaired) electrons. The highest BCUT2D eigenvalue weighted by molar-refractivity contribution is 7.09. The second-order valence-electron chi connectivity index (χ2n) is 5.92. The van der Waals surface area contributed by atoms with Crippen LogP contribution in [0.3, 0.4) is 0 Å². The Kier molecular flexibility index (Phi) is 5.45. The van der Waals surface area contributed by atoms with E-state index < -0.39 is 6.04 Å². The third-order valence-electron chi connectivity index (χ3n) is 4.39. The first-order valence-electron chi connectivity index (χ1n) is 8.32. The van der Waals surface area contributed by atoms with Gasteiger partial charge in [0.2, 0.25) is 5.91 Å². The number of nitrogens with zero attached hydrogens (tertiary/aromatic N) is 3. The number of carbonyl (C=O) groups excluding carboxylic acids is 2. The molecule has 1 aromatic heterocycles. The summed E-state index contributed by atoms with van der Waals surface area (Å²) in [6.45, 7) is 2.80. The van der Waals surface area contributed by atoms with Crippen molar-refractivity contribution in [1.82, 2.24) is 14.8 Å². The molecular formula is C18H21N3O3S. The minimum atomic E-state index is -0.536. The number of rotatable bonds is 7. The Bertz CT molecular complexity index is 748. The highest BCUT2D eigenvalue weighted by Crippen LogP contribution is 2.26. The molecule has 0 fully saturated rings. The van der Waals surface area contributed by atoms with Crippen molar-refractivity contribution < 1.29 is 14.7 Å². The van der Waals surface area contributed by atoms with Crippen molar-refractivity contribution in [3.05, 3.63) is 52.0 Å². The first-order valence-corrected chi connectivity index (χ1v) is 9.20. The van der Waals surface area contributed by atoms with Crippen molar-refractivity contribution in [2.75, 3.05) is 13.2 Å². The molecule has 25 heavy (non-hydrogen) atoms. The molecule has 2 amide bonds. The van der Waals surface area contributed by atoms with Crippen LogP contribution in [0.2, 0.25) is 0 Å². The summed E-state index contributed by atoms with van der Waals surface area (Å²) in [6, 6.07) is 6.93. The molecule has 0 saturated carbocycles. The Morgan fingerprint density at radius 2 is 2.24 bits per heavy atom. The van der Waals surface area contributed by atoms with Gasteiger partial charge in [0.15, 0.2) is 0 Å². The van der Waals surface area contributed by atoms with E-state index in [0.717, 1.165) is 10.6 Å². The van der Waals surface area contributed by atoms with E-state index in [1.807, 2.05) is 30.5 Å². The molecule has 3 rings (SSSR count). The van der Waals surface area contributed by atoms with Gasteiger partial charge in [-0.05, 0) is 18.1 Å². The van der Waals surface area contributed by atoms with E-state index in [1.54, 1.807) is 22.1 Å². The molecule has 0 aliphatic carbocycles. The molecule has 2 heterocycles. The van der Waals surface area contributed by atoms with Crippen molar-refractivity contribution in [3.8, 4) is 0 Å². The molecule has 7 heteroatoms. The zero-order valence-corrected chi connectivity index (χ0v) is 14.9. The van der Waals surface area contributed by atoms with Crippen molar-refractivity contribution in [2.45, 2.75) is 32.5 Å². The summed E-state index contributed by atoms with van der Waals surface area (Å²) in [5, 5.41) is 12.0. The molecule has 0 spiro atoms. The summed E-state index contributed by atoms with van der Waals surface area (Å²) < 4.78 is 0. The molecule has 1 unspecified atom stereocenters. The van der Waals surface area contributed by atoms with Crippen molar-refractivity contribution >= 4 is 23.2 Å². The van der Waals surface area contributed by atoms with Gasteiger partial charge in [-0.15, -0.1) is 11.3 Å². The zero-order valence-electron chi connectivity index (χ0n) is 14.1. The van der Waals surface area contributed by atoms with Crippen LogP contribution in [0, 0.1) is 0 Å². The van der Waals surface area contributed by atoms with Crippen LogP contribution in [0.25, 0.3) is 0 Å². The molecule has 0 bridgehead atoms. The molecule has 1 atom stereocenters. The molecule has 132 valence electrons. The van der Waals surface area contributed by atoms with Gasteiger partial charge in [-0.3, -0.25) is 9.59 Å². The lowest BCUT2D eigenvalue weighted by Crippen LogP contribution is -2.49. The molecule has 6 nitrogen and oxygen atoms in total. The molecular weight excluding hydrogens is 338 g/mol. The van der Waals surface area contributed by atoms with Crippen LogP contribution in [0.4, 0.5) is 0 Å². The van der Waals surface area contributed by atoms with Crippen LogP contribution < -0.4 is 0 Å². The van der Waals surface area contributed by atoms with Crippen LogP contribution >= 0.6 is 11.3 Å². The largest absolute Gasteiger partial charge is 0.395 e. The summed E-state index contributed by atoms with van der Waals surface area (Å²) in [4.78, 5) is 33.2. The maximum absolute atomic E-state index is 13.1. The lowest BCUT2D eigenvalue weighted by molar-refractivity contribution is -0.137. The van der Waals surface area contributed by atoms with Gasteiger partial charge in [0.05, 0.1) is 13.2 Å². The smallest absolute Gasteiger partial charge is 0.255 e. The number of aliphatic hydroxyl groups excluding tert-OH is 1. The number of fused-ring (bicyclic) bond motifs is 1. The fourth-order valence-corrected chi connectivity index (χ4v) is 3.78. The number of aromatic nitrogens is 1. The van der Waals surface area contributed by atoms with Gasteiger partial charge in [-0.25, -0.2) is 4.98 Å². The first kappa shape index (κ1) is 17.6. The number of hydrogen-bond donors (Lipinski definition) is 1. The summed E-state index contributed by atoms with van der Waals surface area (Å²) in [5.74, 6) is -0.248. The fraction of sp³-hybridized carbons (Fsp3) is 0.389. The zero-order chi connectivity index (χ0) is 17.8. The highest BCUT2D eigenvalue weighted by atomic mass is 32.1. The van der Waals surface area contributed by atoms with Gasteiger partial charge < -0.3 is 14.9 Å². The summed E-state index contributed by atoms with van der Waals surface area (Å²) >= 11 is 1.47. The third kappa shape index (κ3) is 3.57. The van der Waals surface area contributed by atoms with E-state index >= 15 is 0 Å². The quantitative estimate of drug-likeness (QED) is 0.819. The van der Waals surface area contributed by atoms with E-state index in [2.05, 4.69) is 4.98 Å². The third-order valence-corrected chi connectivity index (χ3v) is 5.15. The summed E-state index contributed by atoms with van der Waals surface area (Å²) in [7, 11) is 0. The first-order chi connectivity index (χ1) is 12.2. The van der Waals surface area contributed by atoms with Crippen LogP contribution in [-0.2, 0) is 17.9 Å². The Hall–Kier alpha value is -2.25. The van der Waals surface area contributed by atoms with Gasteiger partial charge in [0.25, 0.3) is 5.91 Å². The lowest BCUT2D eigenvalue weighted by atomic mass is 10.1. The van der Waals surface area contributed by atoms with Crippen LogP contribution in [0.15, 0.2) is 35.8 Å². The van der Waals surface area contributed by atoms with Gasteiger partial charge in [0.1, 0.15) is 11.0 Å². The number of thiazole rings is 1. The Morgan fingerprint density at radius 1 is 1.44 bits per heavy atom. The monoisotopic (exact) mass is 359 g/mol. The predicted octanol–water partition coefficient (Wildman–Crippen LogP) is 1.90. The normalized spacial score (nSPS) is 14.5. The number of amides is 2. The molecule has 1 aliphatic heterocycles. The van der Waals surface area contributed by atoms with Gasteiger partial charge in [-0.1, -0.05) is 25.1 Å². The summed E-state index contributed by atoms with van der Waals surface area (Å²) in [6.07, 6.45) is 2.22. The average molecular weight is 359 g/mol. The van der Waals surface area contributed by atoms with Crippen molar-refractivity contribution in [3.63, 3.8) is 0 Å². The van der Waals surface area contributed by atoms with Crippen LogP contribution in [0.1, 0.15) is 34.3 Å². The van der Waals surface area contributed by atoms with E-state index in [1.165, 1.54) is 11.3 Å². The minimum Gasteiger partial charge on any atom is -0.395 e. The standard InChI is InChI=1S/C18H21N3O3S/c1-2-15(21-11-13-5-3-4-6-14(13)17(21)23)18(24)20(8-9-22)12-16-19-7-10-25-16/h3-7,10,15,22H,2,8-9,11-12H2,1H3. The van der Waals surface area contributed by atoms with Crippen LogP contribution in [0.5, 0.6) is 0 Å². The maximum atomic E-state index is 13.1. The van der Waals surface area contributed by atoms with Crippen LogP contribution in [-0.4, -0.2) is 50.9 Å². The number of aliphatic hydroxyl groups is 1. The number of benzene rings is 1. The van der Waals surface area contributed by atoms with Gasteiger partial charge in [-0.2, -0.15) is 0 Å². The van der Waals surface area contributed by atoms with E-state index in [9.17, 15) is 14.7 Å². The average Bonchev–Trinajstić information content (AvgIpc) is 3.24. The summed E-state index contributed by atoms with van der Waals surface area (Å²) in [5.41, 5.74) is 1.62. The second kappa shape index (κ2) is 7.76. The predicted molar refractivity (Wildman–Crippen MR) is 95.0 cm³/mol. The Balaban J connectivity index is 1.79. The van der Waals surface area contributed by atoms with Gasteiger partial charge in [0, 0.05) is 30.2 Å². The minimum absolute atomic E-state index is 0.103.